The van der Waals surface area contributed by atoms with E-state index in [9.17, 15) is 9.59 Å². The summed E-state index contributed by atoms with van der Waals surface area (Å²) in [7, 11) is 0. The fourth-order valence-corrected chi connectivity index (χ4v) is 4.88. The van der Waals surface area contributed by atoms with Crippen molar-refractivity contribution in [2.75, 3.05) is 6.61 Å². The molecule has 1 aliphatic heterocycles. The number of nitrogens with zero attached hydrogens (tertiary/aromatic N) is 1. The summed E-state index contributed by atoms with van der Waals surface area (Å²) < 4.78 is 17.5. The van der Waals surface area contributed by atoms with Gasteiger partial charge in [0.05, 0.1) is 36.4 Å². The van der Waals surface area contributed by atoms with Crippen LogP contribution in [0.5, 0.6) is 5.75 Å². The van der Waals surface area contributed by atoms with Crippen LogP contribution in [-0.4, -0.2) is 17.4 Å². The maximum Gasteiger partial charge on any atom is 0.291 e. The summed E-state index contributed by atoms with van der Waals surface area (Å²) in [5.41, 5.74) is 3.27. The van der Waals surface area contributed by atoms with Gasteiger partial charge in [0.15, 0.2) is 5.43 Å². The van der Waals surface area contributed by atoms with Gasteiger partial charge in [0.2, 0.25) is 5.76 Å². The van der Waals surface area contributed by atoms with E-state index in [1.54, 1.807) is 17.2 Å². The van der Waals surface area contributed by atoms with Crippen LogP contribution in [0.3, 0.4) is 0 Å². The van der Waals surface area contributed by atoms with E-state index in [4.69, 9.17) is 13.6 Å². The second-order valence-corrected chi connectivity index (χ2v) is 9.17. The van der Waals surface area contributed by atoms with E-state index in [-0.39, 0.29) is 23.6 Å². The second kappa shape index (κ2) is 9.45. The van der Waals surface area contributed by atoms with Crippen molar-refractivity contribution in [2.24, 2.45) is 0 Å². The number of hydrogen-bond donors (Lipinski definition) is 0. The average Bonchev–Trinajstić information content (AvgIpc) is 3.44. The Bertz CT molecular complexity index is 1420. The van der Waals surface area contributed by atoms with Gasteiger partial charge in [0, 0.05) is 0 Å². The normalized spacial score (nSPS) is 15.1. The molecule has 1 aliphatic rings. The lowest BCUT2D eigenvalue weighted by atomic mass is 9.97. The molecule has 0 fully saturated rings. The predicted molar refractivity (Wildman–Crippen MR) is 134 cm³/mol. The number of rotatable bonds is 8. The number of fused-ring (bicyclic) bond motifs is 2. The Morgan fingerprint density at radius 2 is 1.83 bits per heavy atom. The minimum Gasteiger partial charge on any atom is -0.494 e. The van der Waals surface area contributed by atoms with Crippen molar-refractivity contribution in [1.29, 1.82) is 0 Å². The van der Waals surface area contributed by atoms with Gasteiger partial charge in [0.25, 0.3) is 5.91 Å². The van der Waals surface area contributed by atoms with Crippen molar-refractivity contribution in [1.82, 2.24) is 4.90 Å². The number of amides is 1. The number of hydrogen-bond acceptors (Lipinski definition) is 5. The summed E-state index contributed by atoms with van der Waals surface area (Å²) in [5, 5.41) is 0.517. The summed E-state index contributed by atoms with van der Waals surface area (Å²) in [6.07, 6.45) is 4.85. The third-order valence-electron chi connectivity index (χ3n) is 6.53. The van der Waals surface area contributed by atoms with Crippen molar-refractivity contribution in [3.63, 3.8) is 0 Å². The van der Waals surface area contributed by atoms with Crippen LogP contribution in [0, 0.1) is 13.8 Å². The van der Waals surface area contributed by atoms with Gasteiger partial charge in [-0.3, -0.25) is 9.59 Å². The molecule has 0 N–H and O–H groups in total. The van der Waals surface area contributed by atoms with Crippen LogP contribution in [0.1, 0.15) is 70.8 Å². The Hall–Kier alpha value is -3.80. The summed E-state index contributed by atoms with van der Waals surface area (Å²) in [4.78, 5) is 29.0. The molecule has 3 heterocycles. The standard InChI is InChI=1S/C29H29NO5/c1-4-5-6-13-33-21-11-9-20(10-12-21)26-25-27(31)24-19(3)15-18(2)16-23(24)35-28(25)29(32)30(26)17-22-8-7-14-34-22/h7-12,14-16,26H,4-6,13,17H2,1-3H3. The molecule has 2 aromatic carbocycles. The number of carbonyl (C=O) groups is 1. The summed E-state index contributed by atoms with van der Waals surface area (Å²) in [6.45, 7) is 6.89. The first kappa shape index (κ1) is 23.0. The molecule has 1 atom stereocenters. The number of furan rings is 1. The minimum absolute atomic E-state index is 0.101. The molecule has 0 radical (unpaired) electrons. The first-order valence-electron chi connectivity index (χ1n) is 12.1. The van der Waals surface area contributed by atoms with Crippen molar-refractivity contribution in [3.8, 4) is 5.75 Å². The van der Waals surface area contributed by atoms with Crippen LogP contribution >= 0.6 is 0 Å². The summed E-state index contributed by atoms with van der Waals surface area (Å²) in [5.74, 6) is 1.18. The van der Waals surface area contributed by atoms with Crippen LogP contribution in [0.25, 0.3) is 11.0 Å². The first-order valence-corrected chi connectivity index (χ1v) is 12.1. The molecule has 2 aromatic heterocycles. The fraction of sp³-hybridized carbons (Fsp3) is 0.310. The Labute approximate surface area is 204 Å². The smallest absolute Gasteiger partial charge is 0.291 e. The van der Waals surface area contributed by atoms with E-state index < -0.39 is 6.04 Å². The third kappa shape index (κ3) is 4.25. The highest BCUT2D eigenvalue weighted by Gasteiger charge is 2.43. The number of benzene rings is 2. The zero-order chi connectivity index (χ0) is 24.5. The van der Waals surface area contributed by atoms with E-state index in [1.807, 2.05) is 56.3 Å². The lowest BCUT2D eigenvalue weighted by molar-refractivity contribution is 0.0701. The molecule has 0 aliphatic carbocycles. The highest BCUT2D eigenvalue weighted by molar-refractivity contribution is 5.99. The number of unbranched alkanes of at least 4 members (excludes halogenated alkanes) is 2. The lowest BCUT2D eigenvalue weighted by Crippen LogP contribution is -2.29. The molecule has 0 saturated carbocycles. The Morgan fingerprint density at radius 3 is 2.54 bits per heavy atom. The average molecular weight is 472 g/mol. The molecule has 4 aromatic rings. The number of aryl methyl sites for hydroxylation is 2. The predicted octanol–water partition coefficient (Wildman–Crippen LogP) is 6.32. The maximum absolute atomic E-state index is 13.8. The molecule has 6 heteroatoms. The van der Waals surface area contributed by atoms with Crippen LogP contribution in [0.15, 0.2) is 68.4 Å². The van der Waals surface area contributed by atoms with Crippen molar-refractivity contribution in [3.05, 3.63) is 98.8 Å². The van der Waals surface area contributed by atoms with Gasteiger partial charge in [0.1, 0.15) is 17.1 Å². The van der Waals surface area contributed by atoms with Crippen LogP contribution in [-0.2, 0) is 6.54 Å². The number of carbonyl (C=O) groups excluding carboxylic acids is 1. The largest absolute Gasteiger partial charge is 0.494 e. The molecular formula is C29H29NO5. The minimum atomic E-state index is -0.585. The van der Waals surface area contributed by atoms with Crippen molar-refractivity contribution >= 4 is 16.9 Å². The van der Waals surface area contributed by atoms with Crippen LogP contribution < -0.4 is 10.2 Å². The van der Waals surface area contributed by atoms with Crippen molar-refractivity contribution < 1.29 is 18.4 Å². The van der Waals surface area contributed by atoms with Crippen molar-refractivity contribution in [2.45, 2.75) is 52.6 Å². The highest BCUT2D eigenvalue weighted by Crippen LogP contribution is 2.40. The Kier molecular flexibility index (Phi) is 6.20. The molecule has 35 heavy (non-hydrogen) atoms. The van der Waals surface area contributed by atoms with Gasteiger partial charge < -0.3 is 18.5 Å². The topological polar surface area (TPSA) is 72.9 Å². The van der Waals surface area contributed by atoms with E-state index in [2.05, 4.69) is 6.92 Å². The highest BCUT2D eigenvalue weighted by atomic mass is 16.5. The molecule has 0 bridgehead atoms. The first-order chi connectivity index (χ1) is 17.0. The summed E-state index contributed by atoms with van der Waals surface area (Å²) >= 11 is 0. The third-order valence-corrected chi connectivity index (χ3v) is 6.53. The monoisotopic (exact) mass is 471 g/mol. The maximum atomic E-state index is 13.8. The molecular weight excluding hydrogens is 442 g/mol. The molecule has 1 unspecified atom stereocenters. The van der Waals surface area contributed by atoms with Gasteiger partial charge in [-0.25, -0.2) is 0 Å². The van der Waals surface area contributed by atoms with Crippen LogP contribution in [0.4, 0.5) is 0 Å². The summed E-state index contributed by atoms with van der Waals surface area (Å²) in [6, 6.07) is 14.4. The Balaban J connectivity index is 1.59. The van der Waals surface area contributed by atoms with Gasteiger partial charge >= 0.3 is 0 Å². The molecule has 5 rings (SSSR count). The zero-order valence-corrected chi connectivity index (χ0v) is 20.3. The Morgan fingerprint density at radius 1 is 1.03 bits per heavy atom. The zero-order valence-electron chi connectivity index (χ0n) is 20.3. The quantitative estimate of drug-likeness (QED) is 0.281. The van der Waals surface area contributed by atoms with E-state index in [1.165, 1.54) is 0 Å². The van der Waals surface area contributed by atoms with Gasteiger partial charge in [-0.05, 0) is 67.3 Å². The van der Waals surface area contributed by atoms with E-state index in [0.29, 0.717) is 28.9 Å². The van der Waals surface area contributed by atoms with Gasteiger partial charge in [-0.15, -0.1) is 0 Å². The second-order valence-electron chi connectivity index (χ2n) is 9.17. The fourth-order valence-electron chi connectivity index (χ4n) is 4.88. The number of ether oxygens (including phenoxy) is 1. The van der Waals surface area contributed by atoms with Crippen LogP contribution in [0.2, 0.25) is 0 Å². The van der Waals surface area contributed by atoms with E-state index >= 15 is 0 Å². The van der Waals surface area contributed by atoms with Gasteiger partial charge in [-0.1, -0.05) is 38.0 Å². The molecule has 0 saturated heterocycles. The molecule has 180 valence electrons. The molecule has 0 spiro atoms. The molecule has 6 nitrogen and oxygen atoms in total. The SMILES string of the molecule is CCCCCOc1ccc(C2c3c(oc4cc(C)cc(C)c4c3=O)C(=O)N2Cc2ccco2)cc1. The van der Waals surface area contributed by atoms with Gasteiger partial charge in [-0.2, -0.15) is 0 Å². The lowest BCUT2D eigenvalue weighted by Gasteiger charge is -2.24. The molecule has 1 amide bonds. The van der Waals surface area contributed by atoms with E-state index in [0.717, 1.165) is 41.7 Å².